The van der Waals surface area contributed by atoms with Crippen molar-refractivity contribution in [1.82, 2.24) is 39.9 Å². The lowest BCUT2D eigenvalue weighted by Crippen LogP contribution is -1.97. The first kappa shape index (κ1) is 65.7. The smallest absolute Gasteiger partial charge is 0.194 e. The van der Waals surface area contributed by atoms with E-state index >= 15 is 0 Å². The maximum atomic E-state index is 8.81. The average Bonchev–Trinajstić information content (AvgIpc) is 0.924. The highest BCUT2D eigenvalue weighted by molar-refractivity contribution is 5.91. The lowest BCUT2D eigenvalue weighted by atomic mass is 9.99. The number of rotatable bonds is 8. The molecule has 1 aliphatic rings. The quantitative estimate of drug-likeness (QED) is 0.106. The van der Waals surface area contributed by atoms with Crippen LogP contribution in [0.1, 0.15) is 12.8 Å². The molecule has 15 rings (SSSR count). The summed E-state index contributed by atoms with van der Waals surface area (Å²) < 4.78 is 4.94. The van der Waals surface area contributed by atoms with E-state index in [1.807, 2.05) is 170 Å². The molecule has 17 nitrogen and oxygen atoms in total. The minimum Gasteiger partial charge on any atom is -0.381 e. The van der Waals surface area contributed by atoms with Crippen molar-refractivity contribution < 1.29 is 14.6 Å². The van der Waals surface area contributed by atoms with Crippen molar-refractivity contribution in [2.75, 3.05) is 41.4 Å². The minimum absolute atomic E-state index is 0.500. The van der Waals surface area contributed by atoms with E-state index in [1.54, 1.807) is 0 Å². The molecule has 1 saturated heterocycles. The fourth-order valence-corrected chi connectivity index (χ4v) is 10.1. The fourth-order valence-electron chi connectivity index (χ4n) is 10.1. The van der Waals surface area contributed by atoms with Crippen molar-refractivity contribution in [3.63, 3.8) is 0 Å². The highest BCUT2D eigenvalue weighted by Crippen LogP contribution is 2.37. The van der Waals surface area contributed by atoms with Crippen LogP contribution >= 0.6 is 0 Å². The molecule has 0 aliphatic carbocycles. The molecule has 0 amide bonds. The van der Waals surface area contributed by atoms with E-state index in [-0.39, 0.29) is 0 Å². The number of aromatic nitrogens is 8. The number of benzene rings is 10. The standard InChI is InChI=1S/2C34H22N4.C4H8O.2CH3NO2.2CH5N/c2*1-3-11-23(12-4-1)31-33(37-29-17-9-7-15-27(29)35-31)25-19-21-26(22-20-25)34-32(24-13-5-2-6-14-24)36-28-16-8-10-18-30(28)38-34;1-2-4-5-3-1;2*1-2(3)4;2*1-2/h2*1-22H;1-4H2;2*1H3;2*2H2,1H3. The molecule has 4 N–H and O–H groups in total. The van der Waals surface area contributed by atoms with Crippen LogP contribution in [-0.4, -0.2) is 91.1 Å². The first-order valence-corrected chi connectivity index (χ1v) is 30.0. The van der Waals surface area contributed by atoms with Crippen molar-refractivity contribution in [1.29, 1.82) is 0 Å². The maximum absolute atomic E-state index is 8.81. The molecule has 93 heavy (non-hydrogen) atoms. The van der Waals surface area contributed by atoms with Crippen LogP contribution in [0, 0.1) is 20.2 Å². The molecule has 0 saturated carbocycles. The van der Waals surface area contributed by atoms with Gasteiger partial charge in [0.05, 0.1) is 89.7 Å². The molecule has 4 aromatic heterocycles. The number of hydrogen-bond acceptors (Lipinski definition) is 15. The summed E-state index contributed by atoms with van der Waals surface area (Å²) in [5.41, 5.74) is 31.1. The Bertz CT molecular complexity index is 4130. The summed E-state index contributed by atoms with van der Waals surface area (Å²) in [5.74, 6) is 0. The molecule has 5 heterocycles. The van der Waals surface area contributed by atoms with Gasteiger partial charge in [0.25, 0.3) is 0 Å². The van der Waals surface area contributed by atoms with Gasteiger partial charge in [0, 0.05) is 67.6 Å². The van der Waals surface area contributed by atoms with Crippen molar-refractivity contribution >= 4 is 44.1 Å². The summed E-state index contributed by atoms with van der Waals surface area (Å²) in [6.45, 7) is 2.00. The van der Waals surface area contributed by atoms with Crippen molar-refractivity contribution in [2.24, 2.45) is 11.5 Å². The predicted octanol–water partition coefficient (Wildman–Crippen LogP) is 16.2. The summed E-state index contributed by atoms with van der Waals surface area (Å²) in [6.07, 6.45) is 2.56. The Morgan fingerprint density at radius 2 is 0.387 bits per heavy atom. The Morgan fingerprint density at radius 3 is 0.516 bits per heavy atom. The van der Waals surface area contributed by atoms with Gasteiger partial charge in [-0.05, 0) is 75.5 Å². The SMILES string of the molecule is C1CCOC1.CN.CN.C[N+](=O)[O-].C[N+](=O)[O-].c1ccc(-c2nc3ccccc3nc2-c2ccc(-c3nc4ccccc4nc3-c3ccccc3)cc2)cc1.c1ccc(-c2nc3ccccc3nc2-c2ccc(-c3nc4ccccc4nc3-c3ccccc3)cc2)cc1. The first-order valence-electron chi connectivity index (χ1n) is 30.0. The van der Waals surface area contributed by atoms with Gasteiger partial charge in [-0.25, -0.2) is 39.9 Å². The van der Waals surface area contributed by atoms with Crippen LogP contribution in [0.2, 0.25) is 0 Å². The van der Waals surface area contributed by atoms with Crippen LogP contribution < -0.4 is 11.5 Å². The molecule has 1 fully saturated rings. The van der Waals surface area contributed by atoms with Crippen LogP contribution in [0.5, 0.6) is 0 Å². The summed E-state index contributed by atoms with van der Waals surface area (Å²) in [5, 5.41) is 17.6. The van der Waals surface area contributed by atoms with Crippen molar-refractivity contribution in [3.05, 3.63) is 287 Å². The molecule has 1 aliphatic heterocycles. The van der Waals surface area contributed by atoms with Gasteiger partial charge in [-0.2, -0.15) is 0 Å². The van der Waals surface area contributed by atoms with E-state index in [2.05, 4.69) is 109 Å². The van der Waals surface area contributed by atoms with Crippen LogP contribution in [0.25, 0.3) is 134 Å². The second-order valence-electron chi connectivity index (χ2n) is 20.5. The third kappa shape index (κ3) is 17.1. The minimum atomic E-state index is -0.500. The highest BCUT2D eigenvalue weighted by atomic mass is 16.6. The topological polar surface area (TPSA) is 251 Å². The Kier molecular flexibility index (Phi) is 23.4. The van der Waals surface area contributed by atoms with Gasteiger partial charge in [0.1, 0.15) is 0 Å². The van der Waals surface area contributed by atoms with E-state index in [9.17, 15) is 0 Å². The van der Waals surface area contributed by atoms with Gasteiger partial charge in [0.2, 0.25) is 0 Å². The summed E-state index contributed by atoms with van der Waals surface area (Å²) in [7, 11) is 4.78. The number of hydrogen-bond donors (Lipinski definition) is 2. The van der Waals surface area contributed by atoms with Crippen molar-refractivity contribution in [2.45, 2.75) is 12.8 Å². The molecule has 0 radical (unpaired) electrons. The maximum Gasteiger partial charge on any atom is 0.194 e. The summed E-state index contributed by atoms with van der Waals surface area (Å²) in [6, 6.07) is 89.8. The molecule has 17 heteroatoms. The molecule has 0 atom stereocenters. The largest absolute Gasteiger partial charge is 0.381 e. The van der Waals surface area contributed by atoms with Crippen LogP contribution in [-0.2, 0) is 4.74 Å². The molecule has 14 aromatic rings. The number of fused-ring (bicyclic) bond motifs is 4. The molecule has 0 spiro atoms. The molecular weight excluding hydrogens is 1160 g/mol. The zero-order valence-electron chi connectivity index (χ0n) is 51.9. The van der Waals surface area contributed by atoms with Crippen LogP contribution in [0.3, 0.4) is 0 Å². The van der Waals surface area contributed by atoms with Gasteiger partial charge >= 0.3 is 0 Å². The molecular formula is C76H68N12O5. The number of para-hydroxylation sites is 8. The van der Waals surface area contributed by atoms with E-state index < -0.39 is 9.85 Å². The molecule has 0 bridgehead atoms. The monoisotopic (exact) mass is 1230 g/mol. The molecule has 10 aromatic carbocycles. The van der Waals surface area contributed by atoms with Crippen LogP contribution in [0.15, 0.2) is 267 Å². The fraction of sp³-hybridized carbons (Fsp3) is 0.105. The van der Waals surface area contributed by atoms with Crippen molar-refractivity contribution in [3.8, 4) is 90.1 Å². The summed E-state index contributed by atoms with van der Waals surface area (Å²) in [4.78, 5) is 56.8. The first-order chi connectivity index (χ1) is 45.6. The highest BCUT2D eigenvalue weighted by Gasteiger charge is 2.19. The van der Waals surface area contributed by atoms with Gasteiger partial charge in [-0.1, -0.05) is 218 Å². The number of nitrogens with two attached hydrogens (primary N) is 2. The number of nitrogens with zero attached hydrogens (tertiary/aromatic N) is 10. The second-order valence-corrected chi connectivity index (χ2v) is 20.5. The normalized spacial score (nSPS) is 11.1. The Labute approximate surface area is 538 Å². The number of ether oxygens (including phenoxy) is 1. The van der Waals surface area contributed by atoms with E-state index in [0.717, 1.165) is 162 Å². The van der Waals surface area contributed by atoms with E-state index in [0.29, 0.717) is 0 Å². The third-order valence-corrected chi connectivity index (χ3v) is 14.2. The van der Waals surface area contributed by atoms with E-state index in [1.165, 1.54) is 26.9 Å². The summed E-state index contributed by atoms with van der Waals surface area (Å²) >= 11 is 0. The second kappa shape index (κ2) is 33.2. The van der Waals surface area contributed by atoms with E-state index in [4.69, 9.17) is 64.8 Å². The van der Waals surface area contributed by atoms with Gasteiger partial charge in [-0.3, -0.25) is 20.2 Å². The lowest BCUT2D eigenvalue weighted by molar-refractivity contribution is -0.445. The Balaban J connectivity index is 0.000000176. The predicted molar refractivity (Wildman–Crippen MR) is 375 cm³/mol. The van der Waals surface area contributed by atoms with Crippen LogP contribution in [0.4, 0.5) is 0 Å². The molecule has 0 unspecified atom stereocenters. The lowest BCUT2D eigenvalue weighted by Gasteiger charge is -2.13. The zero-order valence-corrected chi connectivity index (χ0v) is 51.9. The number of nitro groups is 2. The van der Waals surface area contributed by atoms with Gasteiger partial charge < -0.3 is 16.2 Å². The van der Waals surface area contributed by atoms with Gasteiger partial charge in [-0.15, -0.1) is 0 Å². The third-order valence-electron chi connectivity index (χ3n) is 14.2. The Hall–Kier alpha value is -11.8. The molecule has 462 valence electrons. The van der Waals surface area contributed by atoms with Gasteiger partial charge in [0.15, 0.2) is 14.1 Å². The Morgan fingerprint density at radius 1 is 0.258 bits per heavy atom. The average molecular weight is 1230 g/mol. The zero-order chi connectivity index (χ0) is 65.3.